The molecule has 0 saturated carbocycles. The Morgan fingerprint density at radius 1 is 0.806 bits per heavy atom. The molecule has 0 radical (unpaired) electrons. The molecule has 31 heavy (non-hydrogen) atoms. The van der Waals surface area contributed by atoms with E-state index in [1.165, 1.54) is 19.2 Å². The lowest BCUT2D eigenvalue weighted by Gasteiger charge is -2.30. The summed E-state index contributed by atoms with van der Waals surface area (Å²) in [7, 11) is -2.72. The predicted octanol–water partition coefficient (Wildman–Crippen LogP) is 4.04. The number of sulfonamides is 1. The van der Waals surface area contributed by atoms with Crippen molar-refractivity contribution in [2.45, 2.75) is 11.8 Å². The highest BCUT2D eigenvalue weighted by Gasteiger charge is 2.39. The van der Waals surface area contributed by atoms with Crippen molar-refractivity contribution in [2.24, 2.45) is 0 Å². The van der Waals surface area contributed by atoms with Gasteiger partial charge in [-0.25, -0.2) is 13.2 Å². The Morgan fingerprint density at radius 3 is 2.10 bits per heavy atom. The van der Waals surface area contributed by atoms with Gasteiger partial charge in [-0.3, -0.25) is 9.10 Å². The first-order chi connectivity index (χ1) is 14.8. The maximum absolute atomic E-state index is 13.3. The van der Waals surface area contributed by atoms with Crippen molar-refractivity contribution in [3.8, 4) is 0 Å². The minimum atomic E-state index is -4.00. The summed E-state index contributed by atoms with van der Waals surface area (Å²) in [5, 5.41) is 0. The Morgan fingerprint density at radius 2 is 1.42 bits per heavy atom. The lowest BCUT2D eigenvalue weighted by molar-refractivity contribution is 0.0686. The number of fused-ring (bicyclic) bond motifs is 1. The van der Waals surface area contributed by atoms with Crippen LogP contribution in [0.2, 0.25) is 0 Å². The Labute approximate surface area is 180 Å². The fourth-order valence-corrected chi connectivity index (χ4v) is 4.72. The fraction of sp³-hybridized carbons (Fsp3) is 0.0833. The molecule has 0 unspecified atom stereocenters. The average molecular weight is 433 g/mol. The van der Waals surface area contributed by atoms with Crippen LogP contribution in [0.15, 0.2) is 89.5 Å². The van der Waals surface area contributed by atoms with Gasteiger partial charge in [-0.15, -0.1) is 0 Å². The summed E-state index contributed by atoms with van der Waals surface area (Å²) in [5.74, 6) is -1.34. The van der Waals surface area contributed by atoms with Crippen LogP contribution < -0.4 is 0 Å². The average Bonchev–Trinajstić information content (AvgIpc) is 2.78. The molecule has 3 aromatic rings. The fourth-order valence-electron chi connectivity index (χ4n) is 3.33. The van der Waals surface area contributed by atoms with Gasteiger partial charge in [-0.2, -0.15) is 0 Å². The summed E-state index contributed by atoms with van der Waals surface area (Å²) in [6, 6.07) is 21.2. The largest absolute Gasteiger partial charge is 0.420 e. The second-order valence-electron chi connectivity index (χ2n) is 7.10. The third kappa shape index (κ3) is 3.64. The molecule has 0 amide bonds. The minimum absolute atomic E-state index is 0.0335. The molecule has 1 aliphatic rings. The number of ketones is 1. The van der Waals surface area contributed by atoms with Crippen molar-refractivity contribution in [3.63, 3.8) is 0 Å². The number of carbonyl (C=O) groups excluding carboxylic acids is 2. The van der Waals surface area contributed by atoms with Crippen LogP contribution >= 0.6 is 0 Å². The van der Waals surface area contributed by atoms with Crippen LogP contribution in [0, 0.1) is 6.92 Å². The second-order valence-corrected chi connectivity index (χ2v) is 9.03. The van der Waals surface area contributed by atoms with Crippen LogP contribution in [0.3, 0.4) is 0 Å². The first-order valence-corrected chi connectivity index (χ1v) is 11.0. The minimum Gasteiger partial charge on any atom is -0.420 e. The number of nitrogens with zero attached hydrogens (tertiary/aromatic N) is 1. The molecule has 6 nitrogen and oxygen atoms in total. The molecule has 0 atom stereocenters. The van der Waals surface area contributed by atoms with Crippen molar-refractivity contribution >= 4 is 27.5 Å². The molecule has 4 rings (SSSR count). The van der Waals surface area contributed by atoms with Crippen molar-refractivity contribution in [2.75, 3.05) is 7.05 Å². The summed E-state index contributed by atoms with van der Waals surface area (Å²) in [5.41, 5.74) is 1.50. The van der Waals surface area contributed by atoms with Crippen LogP contribution in [0.25, 0.3) is 5.76 Å². The van der Waals surface area contributed by atoms with Gasteiger partial charge in [0.2, 0.25) is 5.78 Å². The first kappa shape index (κ1) is 20.6. The van der Waals surface area contributed by atoms with Crippen LogP contribution in [0.1, 0.15) is 31.8 Å². The van der Waals surface area contributed by atoms with E-state index in [4.69, 9.17) is 4.74 Å². The predicted molar refractivity (Wildman–Crippen MR) is 116 cm³/mol. The summed E-state index contributed by atoms with van der Waals surface area (Å²) in [6.07, 6.45) is 0. The number of ether oxygens (including phenoxy) is 1. The Kier molecular flexibility index (Phi) is 5.20. The lowest BCUT2D eigenvalue weighted by atomic mass is 10.0. The van der Waals surface area contributed by atoms with Gasteiger partial charge in [0, 0.05) is 18.2 Å². The van der Waals surface area contributed by atoms with E-state index < -0.39 is 21.8 Å². The van der Waals surface area contributed by atoms with Gasteiger partial charge in [0.05, 0.1) is 10.5 Å². The van der Waals surface area contributed by atoms with Crippen molar-refractivity contribution in [1.29, 1.82) is 0 Å². The second kappa shape index (κ2) is 7.85. The summed E-state index contributed by atoms with van der Waals surface area (Å²) in [4.78, 5) is 26.2. The van der Waals surface area contributed by atoms with Crippen molar-refractivity contribution in [1.82, 2.24) is 4.31 Å². The molecule has 156 valence electrons. The van der Waals surface area contributed by atoms with E-state index in [1.807, 2.05) is 6.92 Å². The van der Waals surface area contributed by atoms with Crippen molar-refractivity contribution in [3.05, 3.63) is 107 Å². The highest BCUT2D eigenvalue weighted by atomic mass is 32.2. The molecule has 0 spiro atoms. The normalized spacial score (nSPS) is 14.7. The van der Waals surface area contributed by atoms with Crippen molar-refractivity contribution < 1.29 is 22.7 Å². The van der Waals surface area contributed by atoms with E-state index >= 15 is 0 Å². The van der Waals surface area contributed by atoms with Gasteiger partial charge in [0.1, 0.15) is 5.70 Å². The van der Waals surface area contributed by atoms with Gasteiger partial charge in [-0.1, -0.05) is 60.2 Å². The molecule has 0 saturated heterocycles. The number of hydrogen-bond donors (Lipinski definition) is 0. The lowest BCUT2D eigenvalue weighted by Crippen LogP contribution is -2.36. The van der Waals surface area contributed by atoms with Gasteiger partial charge >= 0.3 is 5.97 Å². The molecule has 0 bridgehead atoms. The van der Waals surface area contributed by atoms with E-state index in [0.29, 0.717) is 0 Å². The Bertz CT molecular complexity index is 1310. The summed E-state index contributed by atoms with van der Waals surface area (Å²) < 4.78 is 32.7. The summed E-state index contributed by atoms with van der Waals surface area (Å²) >= 11 is 0. The maximum Gasteiger partial charge on any atom is 0.343 e. The SMILES string of the molecule is Cc1ccc(C(=O)OC2=C(C(=O)c3ccccc3)N(C)S(=O)(=O)c3ccccc32)cc1. The van der Waals surface area contributed by atoms with Crippen LogP contribution in [0.5, 0.6) is 0 Å². The Hall–Kier alpha value is -3.71. The van der Waals surface area contributed by atoms with Crippen LogP contribution in [0.4, 0.5) is 0 Å². The number of rotatable bonds is 4. The van der Waals surface area contributed by atoms with E-state index in [1.54, 1.807) is 66.7 Å². The number of esters is 1. The van der Waals surface area contributed by atoms with Gasteiger partial charge in [0.15, 0.2) is 5.76 Å². The van der Waals surface area contributed by atoms with Crippen LogP contribution in [-0.2, 0) is 14.8 Å². The van der Waals surface area contributed by atoms with Gasteiger partial charge in [0.25, 0.3) is 10.0 Å². The number of carbonyl (C=O) groups is 2. The number of likely N-dealkylation sites (N-methyl/N-ethyl adjacent to an activating group) is 1. The number of hydrogen-bond acceptors (Lipinski definition) is 5. The summed E-state index contributed by atoms with van der Waals surface area (Å²) in [6.45, 7) is 1.89. The monoisotopic (exact) mass is 433 g/mol. The number of aryl methyl sites for hydroxylation is 1. The number of Topliss-reactive ketones (excluding diaryl/α,β-unsaturated/α-hetero) is 1. The molecule has 7 heteroatoms. The molecule has 0 fully saturated rings. The molecular weight excluding hydrogens is 414 g/mol. The van der Waals surface area contributed by atoms with Gasteiger partial charge in [-0.05, 0) is 31.2 Å². The van der Waals surface area contributed by atoms with E-state index in [2.05, 4.69) is 0 Å². The molecule has 0 N–H and O–H groups in total. The highest BCUT2D eigenvalue weighted by Crippen LogP contribution is 2.38. The third-order valence-corrected chi connectivity index (χ3v) is 6.85. The molecule has 0 aromatic heterocycles. The maximum atomic E-state index is 13.3. The molecule has 1 heterocycles. The number of allylic oxidation sites excluding steroid dienone is 1. The van der Waals surface area contributed by atoms with Crippen LogP contribution in [-0.4, -0.2) is 31.5 Å². The smallest absolute Gasteiger partial charge is 0.343 e. The zero-order chi connectivity index (χ0) is 22.2. The zero-order valence-corrected chi connectivity index (χ0v) is 17.7. The molecule has 1 aliphatic heterocycles. The van der Waals surface area contributed by atoms with E-state index in [9.17, 15) is 18.0 Å². The molecule has 0 aliphatic carbocycles. The molecular formula is C24H19NO5S. The topological polar surface area (TPSA) is 80.8 Å². The standard InChI is InChI=1S/C24H19NO5S/c1-16-12-14-18(15-13-16)24(27)30-23-19-10-6-7-11-20(19)31(28,29)25(2)21(23)22(26)17-8-4-3-5-9-17/h3-15H,1-2H3. The highest BCUT2D eigenvalue weighted by molar-refractivity contribution is 7.89. The Balaban J connectivity index is 1.91. The quantitative estimate of drug-likeness (QED) is 0.458. The van der Waals surface area contributed by atoms with E-state index in [-0.39, 0.29) is 33.0 Å². The molecule has 3 aromatic carbocycles. The third-order valence-electron chi connectivity index (χ3n) is 5.03. The number of benzene rings is 3. The van der Waals surface area contributed by atoms with E-state index in [0.717, 1.165) is 9.87 Å². The zero-order valence-electron chi connectivity index (χ0n) is 16.9. The first-order valence-electron chi connectivity index (χ1n) is 9.52. The van der Waals surface area contributed by atoms with Gasteiger partial charge < -0.3 is 4.74 Å².